The third-order valence-electron chi connectivity index (χ3n) is 6.17. The number of ether oxygens (including phenoxy) is 2. The second-order valence-corrected chi connectivity index (χ2v) is 8.46. The molecule has 0 aliphatic carbocycles. The highest BCUT2D eigenvalue weighted by Crippen LogP contribution is 2.35. The van der Waals surface area contributed by atoms with Gasteiger partial charge in [-0.15, -0.1) is 0 Å². The molecule has 2 heterocycles. The maximum atomic E-state index is 13.0. The zero-order chi connectivity index (χ0) is 24.9. The van der Waals surface area contributed by atoms with Gasteiger partial charge in [0.15, 0.2) is 11.5 Å². The molecule has 0 aliphatic rings. The first kappa shape index (κ1) is 23.4. The predicted molar refractivity (Wildman–Crippen MR) is 142 cm³/mol. The second-order valence-electron chi connectivity index (χ2n) is 8.46. The molecule has 2 N–H and O–H groups in total. The fourth-order valence-corrected chi connectivity index (χ4v) is 4.30. The van der Waals surface area contributed by atoms with Crippen LogP contribution in [0, 0.1) is 0 Å². The van der Waals surface area contributed by atoms with E-state index < -0.39 is 0 Å². The summed E-state index contributed by atoms with van der Waals surface area (Å²) >= 11 is 0. The molecule has 0 bridgehead atoms. The Hall–Kier alpha value is -4.36. The lowest BCUT2D eigenvalue weighted by Gasteiger charge is -2.09. The molecule has 2 aromatic heterocycles. The summed E-state index contributed by atoms with van der Waals surface area (Å²) in [6.07, 6.45) is 0.893. The molecule has 5 rings (SSSR count). The molecule has 0 radical (unpaired) electrons. The number of fused-ring (bicyclic) bond motifs is 1. The van der Waals surface area contributed by atoms with Crippen LogP contribution in [-0.2, 0) is 13.0 Å². The quantitative estimate of drug-likeness (QED) is 0.298. The van der Waals surface area contributed by atoms with Crippen molar-refractivity contribution in [1.82, 2.24) is 20.1 Å². The van der Waals surface area contributed by atoms with Gasteiger partial charge in [-0.2, -0.15) is 5.10 Å². The predicted octanol–water partition coefficient (Wildman–Crippen LogP) is 4.73. The average Bonchev–Trinajstić information content (AvgIpc) is 3.29. The van der Waals surface area contributed by atoms with E-state index in [1.54, 1.807) is 18.9 Å². The normalized spacial score (nSPS) is 11.1. The average molecular weight is 481 g/mol. The Morgan fingerprint density at radius 3 is 2.33 bits per heavy atom. The zero-order valence-corrected chi connectivity index (χ0v) is 20.3. The van der Waals surface area contributed by atoms with Gasteiger partial charge in [0.1, 0.15) is 11.3 Å². The van der Waals surface area contributed by atoms with Crippen molar-refractivity contribution in [1.29, 1.82) is 0 Å². The highest BCUT2D eigenvalue weighted by Gasteiger charge is 2.18. The lowest BCUT2D eigenvalue weighted by Crippen LogP contribution is -2.23. The van der Waals surface area contributed by atoms with Crippen LogP contribution in [0.15, 0.2) is 89.7 Å². The lowest BCUT2D eigenvalue weighted by atomic mass is 10.1. The smallest absolute Gasteiger partial charge is 0.254 e. The number of benzene rings is 3. The van der Waals surface area contributed by atoms with Crippen LogP contribution in [0.3, 0.4) is 0 Å². The molecule has 0 saturated heterocycles. The van der Waals surface area contributed by atoms with Crippen LogP contribution in [0.25, 0.3) is 28.0 Å². The van der Waals surface area contributed by atoms with E-state index in [1.807, 2.05) is 72.8 Å². The highest BCUT2D eigenvalue weighted by atomic mass is 16.5. The van der Waals surface area contributed by atoms with Crippen LogP contribution in [0.2, 0.25) is 0 Å². The van der Waals surface area contributed by atoms with Gasteiger partial charge in [0.2, 0.25) is 0 Å². The first-order valence-corrected chi connectivity index (χ1v) is 11.9. The largest absolute Gasteiger partial charge is 0.493 e. The van der Waals surface area contributed by atoms with Crippen molar-refractivity contribution in [2.75, 3.05) is 20.8 Å². The summed E-state index contributed by atoms with van der Waals surface area (Å²) in [5.74, 6) is 1.26. The van der Waals surface area contributed by atoms with Gasteiger partial charge >= 0.3 is 0 Å². The van der Waals surface area contributed by atoms with E-state index in [1.165, 1.54) is 5.56 Å². The molecule has 5 aromatic rings. The van der Waals surface area contributed by atoms with Gasteiger partial charge in [-0.1, -0.05) is 48.5 Å². The molecule has 0 aliphatic heterocycles. The minimum atomic E-state index is -0.134. The number of para-hydroxylation sites is 1. The number of aromatic nitrogens is 3. The molecule has 7 nitrogen and oxygen atoms in total. The standard InChI is InChI=1S/C29H28N4O3/c1-35-25-14-13-21(18-26(25)36-2)27-24-17-22(19-30-16-15-20-9-5-3-6-10-20)29(34)31-28(24)33(32-27)23-11-7-4-8-12-23/h3-14,17-18,30H,15-16,19H2,1-2H3,(H,31,34). The van der Waals surface area contributed by atoms with Gasteiger partial charge in [0, 0.05) is 23.1 Å². The van der Waals surface area contributed by atoms with E-state index in [0.717, 1.165) is 35.3 Å². The van der Waals surface area contributed by atoms with Crippen LogP contribution >= 0.6 is 0 Å². The van der Waals surface area contributed by atoms with Gasteiger partial charge < -0.3 is 19.8 Å². The minimum Gasteiger partial charge on any atom is -0.493 e. The van der Waals surface area contributed by atoms with E-state index in [9.17, 15) is 4.79 Å². The van der Waals surface area contributed by atoms with Crippen LogP contribution < -0.4 is 20.3 Å². The van der Waals surface area contributed by atoms with Crippen LogP contribution in [0.5, 0.6) is 11.5 Å². The molecule has 0 saturated carbocycles. The third kappa shape index (κ3) is 4.74. The second kappa shape index (κ2) is 10.5. The van der Waals surface area contributed by atoms with Gasteiger partial charge in [-0.05, 0) is 54.9 Å². The Bertz CT molecular complexity index is 1530. The van der Waals surface area contributed by atoms with Gasteiger partial charge in [-0.25, -0.2) is 4.68 Å². The fourth-order valence-electron chi connectivity index (χ4n) is 4.30. The molecule has 3 aromatic carbocycles. The summed E-state index contributed by atoms with van der Waals surface area (Å²) in [5.41, 5.74) is 4.89. The van der Waals surface area contributed by atoms with Crippen molar-refractivity contribution in [3.63, 3.8) is 0 Å². The molecule has 0 fully saturated rings. The topological polar surface area (TPSA) is 81.2 Å². The van der Waals surface area contributed by atoms with E-state index in [2.05, 4.69) is 22.4 Å². The monoisotopic (exact) mass is 480 g/mol. The van der Waals surface area contributed by atoms with E-state index in [0.29, 0.717) is 29.3 Å². The van der Waals surface area contributed by atoms with E-state index in [4.69, 9.17) is 14.6 Å². The maximum absolute atomic E-state index is 13.0. The Balaban J connectivity index is 1.53. The molecule has 36 heavy (non-hydrogen) atoms. The maximum Gasteiger partial charge on any atom is 0.254 e. The van der Waals surface area contributed by atoms with Crippen molar-refractivity contribution >= 4 is 11.0 Å². The van der Waals surface area contributed by atoms with Crippen molar-refractivity contribution in [2.45, 2.75) is 13.0 Å². The number of hydrogen-bond donors (Lipinski definition) is 2. The van der Waals surface area contributed by atoms with Crippen molar-refractivity contribution in [3.8, 4) is 28.4 Å². The molecule has 0 unspecified atom stereocenters. The lowest BCUT2D eigenvalue weighted by molar-refractivity contribution is 0.355. The number of aromatic amines is 1. The Morgan fingerprint density at radius 2 is 1.61 bits per heavy atom. The van der Waals surface area contributed by atoms with Crippen LogP contribution in [0.1, 0.15) is 11.1 Å². The number of nitrogens with zero attached hydrogens (tertiary/aromatic N) is 2. The zero-order valence-electron chi connectivity index (χ0n) is 20.3. The summed E-state index contributed by atoms with van der Waals surface area (Å²) < 4.78 is 12.7. The summed E-state index contributed by atoms with van der Waals surface area (Å²) in [6.45, 7) is 1.23. The van der Waals surface area contributed by atoms with Gasteiger partial charge in [0.05, 0.1) is 19.9 Å². The number of hydrogen-bond acceptors (Lipinski definition) is 5. The first-order chi connectivity index (χ1) is 17.7. The number of pyridine rings is 1. The molecule has 7 heteroatoms. The molecular formula is C29H28N4O3. The molecule has 0 spiro atoms. The first-order valence-electron chi connectivity index (χ1n) is 11.9. The van der Waals surface area contributed by atoms with Gasteiger partial charge in [-0.3, -0.25) is 4.79 Å². The third-order valence-corrected chi connectivity index (χ3v) is 6.17. The van der Waals surface area contributed by atoms with Gasteiger partial charge in [0.25, 0.3) is 5.56 Å². The molecular weight excluding hydrogens is 452 g/mol. The summed E-state index contributed by atoms with van der Waals surface area (Å²) in [7, 11) is 3.22. The minimum absolute atomic E-state index is 0.134. The molecule has 0 atom stereocenters. The Labute approximate surface area is 209 Å². The highest BCUT2D eigenvalue weighted by molar-refractivity contribution is 5.92. The van der Waals surface area contributed by atoms with Crippen molar-refractivity contribution in [2.24, 2.45) is 0 Å². The fraction of sp³-hybridized carbons (Fsp3) is 0.172. The van der Waals surface area contributed by atoms with Crippen molar-refractivity contribution < 1.29 is 9.47 Å². The number of methoxy groups -OCH3 is 2. The van der Waals surface area contributed by atoms with Crippen LogP contribution in [0.4, 0.5) is 0 Å². The van der Waals surface area contributed by atoms with Crippen LogP contribution in [-0.4, -0.2) is 35.5 Å². The molecule has 182 valence electrons. The molecule has 0 amide bonds. The number of nitrogens with one attached hydrogen (secondary N) is 2. The summed E-state index contributed by atoms with van der Waals surface area (Å²) in [6, 6.07) is 27.7. The SMILES string of the molecule is COc1ccc(-c2nn(-c3ccccc3)c3[nH]c(=O)c(CNCCc4ccccc4)cc23)cc1OC. The summed E-state index contributed by atoms with van der Waals surface area (Å²) in [5, 5.41) is 9.16. The van der Waals surface area contributed by atoms with E-state index in [-0.39, 0.29) is 5.56 Å². The van der Waals surface area contributed by atoms with Crippen molar-refractivity contribution in [3.05, 3.63) is 106 Å². The summed E-state index contributed by atoms with van der Waals surface area (Å²) in [4.78, 5) is 16.1. The number of H-pyrrole nitrogens is 1. The Kier molecular flexibility index (Phi) is 6.82. The van der Waals surface area contributed by atoms with E-state index >= 15 is 0 Å². The number of rotatable bonds is 9. The Morgan fingerprint density at radius 1 is 0.889 bits per heavy atom.